The van der Waals surface area contributed by atoms with Crippen molar-refractivity contribution >= 4 is 16.6 Å². The topological polar surface area (TPSA) is 108 Å². The van der Waals surface area contributed by atoms with Gasteiger partial charge in [0, 0.05) is 12.1 Å². The Hall–Kier alpha value is -0.980. The van der Waals surface area contributed by atoms with Crippen molar-refractivity contribution in [1.82, 2.24) is 4.67 Å². The molecule has 0 aliphatic carbocycles. The summed E-state index contributed by atoms with van der Waals surface area (Å²) in [5, 5.41) is 0. The highest BCUT2D eigenvalue weighted by molar-refractivity contribution is 7.58. The van der Waals surface area contributed by atoms with E-state index in [0.717, 1.165) is 11.1 Å². The van der Waals surface area contributed by atoms with E-state index < -0.39 is 16.6 Å². The summed E-state index contributed by atoms with van der Waals surface area (Å²) in [5.41, 5.74) is 6.31. The van der Waals surface area contributed by atoms with E-state index in [-0.39, 0.29) is 12.1 Å². The molecule has 0 spiro atoms. The number of nitrogens with zero attached hydrogens (tertiary/aromatic N) is 1. The third-order valence-corrected chi connectivity index (χ3v) is 6.27. The van der Waals surface area contributed by atoms with E-state index in [2.05, 4.69) is 5.50 Å². The zero-order chi connectivity index (χ0) is 21.9. The van der Waals surface area contributed by atoms with Crippen LogP contribution >= 0.6 is 16.6 Å². The first-order chi connectivity index (χ1) is 13.7. The number of hydrogen-bond donors (Lipinski definition) is 4. The molecule has 29 heavy (non-hydrogen) atoms. The Morgan fingerprint density at radius 2 is 1.14 bits per heavy atom. The van der Waals surface area contributed by atoms with Gasteiger partial charge in [-0.1, -0.05) is 65.3 Å². The van der Waals surface area contributed by atoms with Crippen LogP contribution in [0.3, 0.4) is 0 Å². The summed E-state index contributed by atoms with van der Waals surface area (Å²) < 4.78 is 13.9. The summed E-state index contributed by atoms with van der Waals surface area (Å²) in [7, 11) is -5.31. The molecule has 2 rings (SSSR count). The van der Waals surface area contributed by atoms with Gasteiger partial charge in [0.05, 0.1) is 0 Å². The van der Waals surface area contributed by atoms with Gasteiger partial charge in [-0.15, -0.1) is 0 Å². The molecule has 0 heterocycles. The lowest BCUT2D eigenvalue weighted by Crippen LogP contribution is -2.38. The fraction of sp³-hybridized carbons (Fsp3) is 0.400. The van der Waals surface area contributed by atoms with Crippen LogP contribution in [0.5, 0.6) is 0 Å². The van der Waals surface area contributed by atoms with E-state index in [0.29, 0.717) is 13.2 Å². The average Bonchev–Trinajstić information content (AvgIpc) is 2.65. The van der Waals surface area contributed by atoms with Crippen molar-refractivity contribution in [1.29, 1.82) is 0 Å². The summed E-state index contributed by atoms with van der Waals surface area (Å²) in [5.74, 6) is 0. The van der Waals surface area contributed by atoms with Crippen LogP contribution in [-0.2, 0) is 22.3 Å². The highest BCUT2D eigenvalue weighted by atomic mass is 31.2. The van der Waals surface area contributed by atoms with Crippen LogP contribution in [0.15, 0.2) is 60.7 Å². The van der Waals surface area contributed by atoms with Crippen LogP contribution < -0.4 is 5.50 Å². The molecule has 0 bridgehead atoms. The fourth-order valence-electron chi connectivity index (χ4n) is 2.82. The van der Waals surface area contributed by atoms with E-state index in [1.54, 1.807) is 0 Å². The van der Waals surface area contributed by atoms with Gasteiger partial charge >= 0.3 is 8.09 Å². The number of nitrogens with two attached hydrogens (primary N) is 1. The summed E-state index contributed by atoms with van der Waals surface area (Å²) in [4.78, 5) is 26.2. The van der Waals surface area contributed by atoms with Crippen LogP contribution in [0.1, 0.15) is 38.8 Å². The summed E-state index contributed by atoms with van der Waals surface area (Å²) >= 11 is 0. The van der Waals surface area contributed by atoms with Gasteiger partial charge in [-0.05, 0) is 38.8 Å². The van der Waals surface area contributed by atoms with Crippen molar-refractivity contribution in [2.75, 3.05) is 0 Å². The zero-order valence-corrected chi connectivity index (χ0v) is 19.2. The molecule has 9 heteroatoms. The lowest BCUT2D eigenvalue weighted by atomic mass is 10.2. The Morgan fingerprint density at radius 3 is 1.41 bits per heavy atom. The highest BCUT2D eigenvalue weighted by Gasteiger charge is 2.52. The molecule has 0 aliphatic rings. The summed E-state index contributed by atoms with van der Waals surface area (Å²) in [6.07, 6.45) is 0. The van der Waals surface area contributed by atoms with E-state index in [9.17, 15) is 4.89 Å². The van der Waals surface area contributed by atoms with Crippen LogP contribution in [-0.4, -0.2) is 31.4 Å². The molecule has 0 saturated heterocycles. The zero-order valence-electron chi connectivity index (χ0n) is 17.4. The van der Waals surface area contributed by atoms with Crippen molar-refractivity contribution in [3.05, 3.63) is 71.8 Å². The van der Waals surface area contributed by atoms with Crippen LogP contribution in [0.25, 0.3) is 0 Å². The maximum Gasteiger partial charge on any atom is 0.502 e. The molecular weight excluding hydrogens is 410 g/mol. The first kappa shape index (κ1) is 26.1. The van der Waals surface area contributed by atoms with E-state index in [1.165, 1.54) is 0 Å². The van der Waals surface area contributed by atoms with Crippen LogP contribution in [0.4, 0.5) is 0 Å². The lowest BCUT2D eigenvalue weighted by molar-refractivity contribution is 0.0915. The molecular formula is C20H33N2O5P2+. The third kappa shape index (κ3) is 10.1. The molecule has 0 radical (unpaired) electrons. The van der Waals surface area contributed by atoms with Gasteiger partial charge in [-0.25, -0.2) is 0 Å². The Balaban J connectivity index is 0.000000960. The summed E-state index contributed by atoms with van der Waals surface area (Å²) in [6, 6.07) is 19.9. The number of benzene rings is 2. The SMILES string of the molecule is CC(C)N(C(C)C)[P+](O)(OCc1ccccc1)OCc1ccccc1.NP(O)O. The second-order valence-corrected chi connectivity index (χ2v) is 9.50. The largest absolute Gasteiger partial charge is 0.502 e. The van der Waals surface area contributed by atoms with Gasteiger partial charge in [0.15, 0.2) is 0 Å². The van der Waals surface area contributed by atoms with Crippen molar-refractivity contribution in [3.63, 3.8) is 0 Å². The lowest BCUT2D eigenvalue weighted by Gasteiger charge is -2.32. The third-order valence-electron chi connectivity index (χ3n) is 3.83. The Bertz CT molecular complexity index is 621. The van der Waals surface area contributed by atoms with E-state index in [4.69, 9.17) is 18.8 Å². The molecule has 0 atom stereocenters. The van der Waals surface area contributed by atoms with Crippen molar-refractivity contribution in [2.45, 2.75) is 53.0 Å². The Labute approximate surface area is 175 Å². The highest BCUT2D eigenvalue weighted by Crippen LogP contribution is 2.63. The van der Waals surface area contributed by atoms with Gasteiger partial charge < -0.3 is 9.79 Å². The monoisotopic (exact) mass is 443 g/mol. The van der Waals surface area contributed by atoms with Gasteiger partial charge in [-0.3, -0.25) is 5.50 Å². The molecule has 0 aliphatic heterocycles. The van der Waals surface area contributed by atoms with Gasteiger partial charge in [-0.2, -0.15) is 13.9 Å². The van der Waals surface area contributed by atoms with E-state index >= 15 is 0 Å². The second kappa shape index (κ2) is 13.3. The number of hydrogen-bond acceptors (Lipinski definition) is 7. The molecule has 5 N–H and O–H groups in total. The second-order valence-electron chi connectivity index (χ2n) is 6.90. The molecule has 7 nitrogen and oxygen atoms in total. The normalized spacial score (nSPS) is 11.9. The molecule has 0 amide bonds. The first-order valence-corrected chi connectivity index (χ1v) is 12.2. The molecule has 0 fully saturated rings. The van der Waals surface area contributed by atoms with Crippen molar-refractivity contribution < 1.29 is 23.7 Å². The maximum absolute atomic E-state index is 11.3. The molecule has 0 saturated carbocycles. The molecule has 0 unspecified atom stereocenters. The quantitative estimate of drug-likeness (QED) is 0.426. The predicted octanol–water partition coefficient (Wildman–Crippen LogP) is 4.37. The van der Waals surface area contributed by atoms with Gasteiger partial charge in [0.25, 0.3) is 0 Å². The van der Waals surface area contributed by atoms with Crippen molar-refractivity contribution in [3.8, 4) is 0 Å². The number of rotatable bonds is 9. The molecule has 0 aromatic heterocycles. The summed E-state index contributed by atoms with van der Waals surface area (Å²) in [6.45, 7) is 8.81. The minimum atomic E-state index is -3.19. The minimum absolute atomic E-state index is 0.102. The Morgan fingerprint density at radius 1 is 0.828 bits per heavy atom. The smallest absolute Gasteiger partial charge is 0.338 e. The molecule has 2 aromatic carbocycles. The van der Waals surface area contributed by atoms with Gasteiger partial charge in [0.1, 0.15) is 13.2 Å². The fourth-order valence-corrected chi connectivity index (χ4v) is 4.96. The van der Waals surface area contributed by atoms with E-state index in [1.807, 2.05) is 93.0 Å². The van der Waals surface area contributed by atoms with Crippen LogP contribution in [0, 0.1) is 0 Å². The Kier molecular flexibility index (Phi) is 12.0. The molecule has 2 aromatic rings. The average molecular weight is 443 g/mol. The van der Waals surface area contributed by atoms with Crippen LogP contribution in [0.2, 0.25) is 0 Å². The van der Waals surface area contributed by atoms with Crippen molar-refractivity contribution in [2.24, 2.45) is 5.50 Å². The maximum atomic E-state index is 11.3. The first-order valence-electron chi connectivity index (χ1n) is 9.35. The molecule has 162 valence electrons. The predicted molar refractivity (Wildman–Crippen MR) is 119 cm³/mol. The van der Waals surface area contributed by atoms with Gasteiger partial charge in [0.2, 0.25) is 8.53 Å². The standard InChI is InChI=1S/C20H29NO3P.H4NO2P/c1-17(2)21(18(3)4)25(22,23-15-19-11-7-5-8-12-19)24-16-20-13-9-6-10-14-20;1-4(2)3/h5-14,17-18,22H,15-16H2,1-4H3;2-3H,1H2/q+1;. The minimum Gasteiger partial charge on any atom is -0.338 e.